The SMILES string of the molecule is COc1ccc(Cl)cc1NC(=O)Cn1cnc(N)n1. The lowest BCUT2D eigenvalue weighted by Gasteiger charge is -2.10. The lowest BCUT2D eigenvalue weighted by Crippen LogP contribution is -2.19. The van der Waals surface area contributed by atoms with Gasteiger partial charge in [0.1, 0.15) is 18.6 Å². The van der Waals surface area contributed by atoms with Crippen molar-refractivity contribution in [1.29, 1.82) is 0 Å². The van der Waals surface area contributed by atoms with Crippen LogP contribution in [0.5, 0.6) is 5.75 Å². The van der Waals surface area contributed by atoms with E-state index in [0.717, 1.165) is 0 Å². The minimum atomic E-state index is -0.287. The van der Waals surface area contributed by atoms with Gasteiger partial charge in [-0.15, -0.1) is 5.10 Å². The zero-order chi connectivity index (χ0) is 13.8. The van der Waals surface area contributed by atoms with E-state index in [0.29, 0.717) is 16.5 Å². The van der Waals surface area contributed by atoms with Crippen LogP contribution in [0.4, 0.5) is 11.6 Å². The number of nitrogens with zero attached hydrogens (tertiary/aromatic N) is 3. The summed E-state index contributed by atoms with van der Waals surface area (Å²) in [4.78, 5) is 15.6. The monoisotopic (exact) mass is 281 g/mol. The van der Waals surface area contributed by atoms with Gasteiger partial charge in [-0.25, -0.2) is 9.67 Å². The first-order valence-electron chi connectivity index (χ1n) is 5.37. The lowest BCUT2D eigenvalue weighted by molar-refractivity contribution is -0.116. The summed E-state index contributed by atoms with van der Waals surface area (Å²) in [5.74, 6) is 0.356. The number of ether oxygens (including phenoxy) is 1. The van der Waals surface area contributed by atoms with Gasteiger partial charge in [0.25, 0.3) is 0 Å². The van der Waals surface area contributed by atoms with E-state index in [1.807, 2.05) is 0 Å². The third kappa shape index (κ3) is 3.35. The van der Waals surface area contributed by atoms with Crippen molar-refractivity contribution in [1.82, 2.24) is 14.8 Å². The Bertz CT molecular complexity index is 599. The average molecular weight is 282 g/mol. The maximum absolute atomic E-state index is 11.8. The number of carbonyl (C=O) groups excluding carboxylic acids is 1. The van der Waals surface area contributed by atoms with Crippen LogP contribution in [-0.2, 0) is 11.3 Å². The summed E-state index contributed by atoms with van der Waals surface area (Å²) < 4.78 is 6.46. The number of benzene rings is 1. The quantitative estimate of drug-likeness (QED) is 0.877. The largest absolute Gasteiger partial charge is 0.495 e. The maximum atomic E-state index is 11.8. The number of amides is 1. The van der Waals surface area contributed by atoms with E-state index in [4.69, 9.17) is 22.1 Å². The van der Waals surface area contributed by atoms with Crippen LogP contribution in [0, 0.1) is 0 Å². The van der Waals surface area contributed by atoms with Crippen LogP contribution in [-0.4, -0.2) is 27.8 Å². The number of carbonyl (C=O) groups is 1. The van der Waals surface area contributed by atoms with Crippen molar-refractivity contribution in [3.05, 3.63) is 29.5 Å². The molecule has 0 aliphatic carbocycles. The number of nitrogen functional groups attached to an aromatic ring is 1. The maximum Gasteiger partial charge on any atom is 0.246 e. The van der Waals surface area contributed by atoms with Gasteiger partial charge in [-0.1, -0.05) is 11.6 Å². The molecule has 19 heavy (non-hydrogen) atoms. The highest BCUT2D eigenvalue weighted by atomic mass is 35.5. The predicted molar refractivity (Wildman–Crippen MR) is 71.1 cm³/mol. The van der Waals surface area contributed by atoms with Crippen molar-refractivity contribution in [2.24, 2.45) is 0 Å². The summed E-state index contributed by atoms with van der Waals surface area (Å²) in [5.41, 5.74) is 5.85. The molecule has 1 amide bonds. The van der Waals surface area contributed by atoms with E-state index in [-0.39, 0.29) is 18.4 Å². The molecule has 0 saturated carbocycles. The van der Waals surface area contributed by atoms with Crippen LogP contribution in [0.1, 0.15) is 0 Å². The summed E-state index contributed by atoms with van der Waals surface area (Å²) in [6, 6.07) is 4.95. The minimum absolute atomic E-state index is 0.000131. The van der Waals surface area contributed by atoms with E-state index in [1.54, 1.807) is 18.2 Å². The first-order chi connectivity index (χ1) is 9.08. The summed E-state index contributed by atoms with van der Waals surface area (Å²) in [7, 11) is 1.51. The fourth-order valence-corrected chi connectivity index (χ4v) is 1.67. The Morgan fingerprint density at radius 3 is 3.00 bits per heavy atom. The van der Waals surface area contributed by atoms with Gasteiger partial charge in [-0.05, 0) is 18.2 Å². The lowest BCUT2D eigenvalue weighted by atomic mass is 10.3. The molecule has 1 heterocycles. The molecule has 2 rings (SSSR count). The number of aromatic nitrogens is 3. The molecule has 0 atom stereocenters. The molecule has 0 fully saturated rings. The van der Waals surface area contributed by atoms with Crippen LogP contribution >= 0.6 is 11.6 Å². The van der Waals surface area contributed by atoms with Crippen molar-refractivity contribution in [2.75, 3.05) is 18.2 Å². The second kappa shape index (κ2) is 5.57. The first kappa shape index (κ1) is 13.2. The number of nitrogens with one attached hydrogen (secondary N) is 1. The van der Waals surface area contributed by atoms with Crippen molar-refractivity contribution in [2.45, 2.75) is 6.54 Å². The summed E-state index contributed by atoms with van der Waals surface area (Å²) in [5, 5.41) is 7.00. The van der Waals surface area contributed by atoms with Gasteiger partial charge in [-0.2, -0.15) is 0 Å². The molecule has 100 valence electrons. The van der Waals surface area contributed by atoms with Crippen molar-refractivity contribution in [3.63, 3.8) is 0 Å². The van der Waals surface area contributed by atoms with Gasteiger partial charge in [0.15, 0.2) is 0 Å². The summed E-state index contributed by atoms with van der Waals surface area (Å²) in [6.07, 6.45) is 1.38. The van der Waals surface area contributed by atoms with Gasteiger partial charge in [-0.3, -0.25) is 4.79 Å². The van der Waals surface area contributed by atoms with Crippen molar-refractivity contribution >= 4 is 29.1 Å². The van der Waals surface area contributed by atoms with E-state index in [9.17, 15) is 4.79 Å². The molecule has 8 heteroatoms. The number of rotatable bonds is 4. The van der Waals surface area contributed by atoms with Gasteiger partial charge < -0.3 is 15.8 Å². The van der Waals surface area contributed by atoms with Crippen LogP contribution in [0.3, 0.4) is 0 Å². The molecule has 0 aliphatic heterocycles. The van der Waals surface area contributed by atoms with Gasteiger partial charge in [0.05, 0.1) is 12.8 Å². The Balaban J connectivity index is 2.08. The second-order valence-electron chi connectivity index (χ2n) is 3.69. The molecule has 1 aromatic heterocycles. The molecule has 2 aromatic rings. The Kier molecular flexibility index (Phi) is 3.86. The van der Waals surface area contributed by atoms with Crippen LogP contribution in [0.2, 0.25) is 5.02 Å². The van der Waals surface area contributed by atoms with E-state index >= 15 is 0 Å². The number of methoxy groups -OCH3 is 1. The fraction of sp³-hybridized carbons (Fsp3) is 0.182. The molecular formula is C11H12ClN5O2. The number of nitrogens with two attached hydrogens (primary N) is 1. The molecule has 3 N–H and O–H groups in total. The Morgan fingerprint density at radius 1 is 1.58 bits per heavy atom. The van der Waals surface area contributed by atoms with Crippen molar-refractivity contribution in [3.8, 4) is 5.75 Å². The zero-order valence-corrected chi connectivity index (χ0v) is 10.9. The molecule has 0 unspecified atom stereocenters. The highest BCUT2D eigenvalue weighted by Gasteiger charge is 2.09. The van der Waals surface area contributed by atoms with Crippen LogP contribution < -0.4 is 15.8 Å². The van der Waals surface area contributed by atoms with Gasteiger partial charge in [0.2, 0.25) is 11.9 Å². The summed E-state index contributed by atoms with van der Waals surface area (Å²) >= 11 is 5.87. The Morgan fingerprint density at radius 2 is 2.37 bits per heavy atom. The van der Waals surface area contributed by atoms with Crippen LogP contribution in [0.25, 0.3) is 0 Å². The predicted octanol–water partition coefficient (Wildman–Crippen LogP) is 1.16. The highest BCUT2D eigenvalue weighted by molar-refractivity contribution is 6.31. The van der Waals surface area contributed by atoms with Gasteiger partial charge >= 0.3 is 0 Å². The third-order valence-corrected chi connectivity index (χ3v) is 2.53. The minimum Gasteiger partial charge on any atom is -0.495 e. The number of anilines is 2. The topological polar surface area (TPSA) is 95.1 Å². The average Bonchev–Trinajstić information content (AvgIpc) is 2.75. The molecule has 0 radical (unpaired) electrons. The molecule has 7 nitrogen and oxygen atoms in total. The Hall–Kier alpha value is -2.28. The van der Waals surface area contributed by atoms with E-state index in [1.165, 1.54) is 18.1 Å². The highest BCUT2D eigenvalue weighted by Crippen LogP contribution is 2.27. The number of hydrogen-bond donors (Lipinski definition) is 2. The number of halogens is 1. The molecule has 0 saturated heterocycles. The Labute approximate surface area is 114 Å². The van der Waals surface area contributed by atoms with Crippen LogP contribution in [0.15, 0.2) is 24.5 Å². The fourth-order valence-electron chi connectivity index (χ4n) is 1.50. The van der Waals surface area contributed by atoms with Crippen molar-refractivity contribution < 1.29 is 9.53 Å². The zero-order valence-electron chi connectivity index (χ0n) is 10.1. The molecular weight excluding hydrogens is 270 g/mol. The van der Waals surface area contributed by atoms with E-state index < -0.39 is 0 Å². The van der Waals surface area contributed by atoms with E-state index in [2.05, 4.69) is 15.4 Å². The smallest absolute Gasteiger partial charge is 0.246 e. The summed E-state index contributed by atoms with van der Waals surface area (Å²) in [6.45, 7) is -0.000131. The molecule has 0 spiro atoms. The van der Waals surface area contributed by atoms with Gasteiger partial charge in [0, 0.05) is 5.02 Å². The normalized spacial score (nSPS) is 10.2. The third-order valence-electron chi connectivity index (χ3n) is 2.30. The first-order valence-corrected chi connectivity index (χ1v) is 5.74. The standard InChI is InChI=1S/C11H12ClN5O2/c1-19-9-3-2-7(12)4-8(9)15-10(18)5-17-6-14-11(13)16-17/h2-4,6H,5H2,1H3,(H2,13,16)(H,15,18). The second-order valence-corrected chi connectivity index (χ2v) is 4.13. The number of hydrogen-bond acceptors (Lipinski definition) is 5. The molecule has 1 aromatic carbocycles. The molecule has 0 aliphatic rings. The molecule has 0 bridgehead atoms.